The Hall–Kier alpha value is -0.610. The normalized spacial score (nSPS) is 15.9. The number of rotatable bonds is 5. The lowest BCUT2D eigenvalue weighted by atomic mass is 10.1. The lowest BCUT2D eigenvalue weighted by Gasteiger charge is -2.13. The van der Waals surface area contributed by atoms with Gasteiger partial charge in [-0.2, -0.15) is 0 Å². The van der Waals surface area contributed by atoms with Crippen molar-refractivity contribution < 1.29 is 15.0 Å². The van der Waals surface area contributed by atoms with Crippen molar-refractivity contribution in [3.05, 3.63) is 0 Å². The molecule has 0 saturated heterocycles. The first-order valence-corrected chi connectivity index (χ1v) is 3.64. The Morgan fingerprint density at radius 2 is 2.09 bits per heavy atom. The predicted molar refractivity (Wildman–Crippen MR) is 41.4 cm³/mol. The third-order valence-electron chi connectivity index (χ3n) is 1.57. The minimum absolute atomic E-state index is 0.0446. The number of aliphatic carboxylic acids is 1. The quantitative estimate of drug-likeness (QED) is 0.516. The summed E-state index contributed by atoms with van der Waals surface area (Å²) in [5.74, 6) is -0.780. The smallest absolute Gasteiger partial charge is 0.317 e. The molecule has 0 saturated carbocycles. The molecule has 0 bridgehead atoms. The molecule has 0 aromatic rings. The highest BCUT2D eigenvalue weighted by Gasteiger charge is 2.07. The van der Waals surface area contributed by atoms with Crippen LogP contribution in [0.15, 0.2) is 0 Å². The lowest BCUT2D eigenvalue weighted by Crippen LogP contribution is -2.31. The first-order valence-electron chi connectivity index (χ1n) is 3.64. The van der Waals surface area contributed by atoms with Crippen molar-refractivity contribution in [1.29, 1.82) is 0 Å². The zero-order valence-corrected chi connectivity index (χ0v) is 6.87. The Bertz CT molecular complexity index is 125. The van der Waals surface area contributed by atoms with E-state index in [2.05, 4.69) is 5.32 Å². The molecule has 0 aromatic heterocycles. The van der Waals surface area contributed by atoms with E-state index >= 15 is 0 Å². The van der Waals surface area contributed by atoms with Gasteiger partial charge in [-0.1, -0.05) is 6.92 Å². The number of hydrogen-bond acceptors (Lipinski definition) is 3. The van der Waals surface area contributed by atoms with Crippen LogP contribution < -0.4 is 5.32 Å². The van der Waals surface area contributed by atoms with Crippen LogP contribution in [0.5, 0.6) is 0 Å². The molecule has 2 atom stereocenters. The average molecular weight is 161 g/mol. The summed E-state index contributed by atoms with van der Waals surface area (Å²) in [5.41, 5.74) is 0. The van der Waals surface area contributed by atoms with Crippen LogP contribution in [-0.4, -0.2) is 35.4 Å². The minimum Gasteiger partial charge on any atom is -0.480 e. The monoisotopic (exact) mass is 161 g/mol. The third-order valence-corrected chi connectivity index (χ3v) is 1.57. The van der Waals surface area contributed by atoms with Crippen molar-refractivity contribution in [1.82, 2.24) is 5.32 Å². The molecule has 0 aliphatic heterocycles. The van der Waals surface area contributed by atoms with E-state index in [1.165, 1.54) is 0 Å². The highest BCUT2D eigenvalue weighted by Crippen LogP contribution is 1.98. The minimum atomic E-state index is -0.872. The third kappa shape index (κ3) is 5.82. The molecule has 0 heterocycles. The fraction of sp³-hybridized carbons (Fsp3) is 0.857. The van der Waals surface area contributed by atoms with E-state index in [-0.39, 0.29) is 12.5 Å². The van der Waals surface area contributed by atoms with Gasteiger partial charge in [-0.25, -0.2) is 0 Å². The number of carboxylic acid groups (broad SMARTS) is 1. The van der Waals surface area contributed by atoms with Crippen LogP contribution in [-0.2, 0) is 4.79 Å². The van der Waals surface area contributed by atoms with E-state index in [1.807, 2.05) is 6.92 Å². The van der Waals surface area contributed by atoms with Gasteiger partial charge < -0.3 is 15.5 Å². The van der Waals surface area contributed by atoms with Crippen molar-refractivity contribution in [3.63, 3.8) is 0 Å². The van der Waals surface area contributed by atoms with Crippen LogP contribution in [0.1, 0.15) is 13.8 Å². The van der Waals surface area contributed by atoms with Gasteiger partial charge in [0, 0.05) is 6.54 Å². The predicted octanol–water partition coefficient (Wildman–Crippen LogP) is -0.323. The summed E-state index contributed by atoms with van der Waals surface area (Å²) < 4.78 is 0. The van der Waals surface area contributed by atoms with Gasteiger partial charge in [-0.15, -0.1) is 0 Å². The van der Waals surface area contributed by atoms with E-state index in [1.54, 1.807) is 6.92 Å². The molecule has 3 N–H and O–H groups in total. The van der Waals surface area contributed by atoms with Gasteiger partial charge in [0.1, 0.15) is 0 Å². The van der Waals surface area contributed by atoms with E-state index in [0.717, 1.165) is 0 Å². The summed E-state index contributed by atoms with van der Waals surface area (Å²) >= 11 is 0. The van der Waals surface area contributed by atoms with Crippen molar-refractivity contribution in [3.8, 4) is 0 Å². The fourth-order valence-electron chi connectivity index (χ4n) is 0.577. The molecule has 2 unspecified atom stereocenters. The summed E-state index contributed by atoms with van der Waals surface area (Å²) in [6.07, 6.45) is -0.392. The molecule has 4 heteroatoms. The molecule has 4 nitrogen and oxygen atoms in total. The molecular formula is C7H15NO3. The molecule has 0 aromatic carbocycles. The summed E-state index contributed by atoms with van der Waals surface area (Å²) in [6.45, 7) is 4.04. The maximum absolute atomic E-state index is 10.0. The summed E-state index contributed by atoms with van der Waals surface area (Å²) in [6, 6.07) is 0. The Balaban J connectivity index is 3.31. The highest BCUT2D eigenvalue weighted by molar-refractivity contribution is 5.68. The second-order valence-electron chi connectivity index (χ2n) is 2.74. The van der Waals surface area contributed by atoms with Crippen LogP contribution in [0.4, 0.5) is 0 Å². The molecule has 0 radical (unpaired) electrons. The Morgan fingerprint density at radius 3 is 2.45 bits per heavy atom. The number of hydrogen-bond donors (Lipinski definition) is 3. The van der Waals surface area contributed by atoms with Gasteiger partial charge in [0.2, 0.25) is 0 Å². The van der Waals surface area contributed by atoms with Crippen LogP contribution in [0.25, 0.3) is 0 Å². The first-order chi connectivity index (χ1) is 5.04. The molecule has 11 heavy (non-hydrogen) atoms. The molecule has 0 fully saturated rings. The van der Waals surface area contributed by atoms with E-state index < -0.39 is 12.1 Å². The van der Waals surface area contributed by atoms with Crippen LogP contribution in [0.2, 0.25) is 0 Å². The average Bonchev–Trinajstić information content (AvgIpc) is 1.86. The molecule has 0 rings (SSSR count). The lowest BCUT2D eigenvalue weighted by molar-refractivity contribution is -0.136. The topological polar surface area (TPSA) is 69.6 Å². The molecule has 0 aliphatic rings. The zero-order valence-electron chi connectivity index (χ0n) is 6.87. The Labute approximate surface area is 66.2 Å². The van der Waals surface area contributed by atoms with E-state index in [0.29, 0.717) is 6.54 Å². The number of aliphatic hydroxyl groups excluding tert-OH is 1. The first kappa shape index (κ1) is 10.4. The summed E-state index contributed by atoms with van der Waals surface area (Å²) in [7, 11) is 0. The number of aliphatic hydroxyl groups is 1. The maximum Gasteiger partial charge on any atom is 0.317 e. The maximum atomic E-state index is 10.0. The molecule has 0 spiro atoms. The zero-order chi connectivity index (χ0) is 8.85. The van der Waals surface area contributed by atoms with Crippen molar-refractivity contribution in [2.24, 2.45) is 5.92 Å². The number of nitrogens with one attached hydrogen (secondary N) is 1. The Kier molecular flexibility index (Phi) is 4.81. The van der Waals surface area contributed by atoms with Crippen molar-refractivity contribution >= 4 is 5.97 Å². The second-order valence-corrected chi connectivity index (χ2v) is 2.74. The van der Waals surface area contributed by atoms with Crippen molar-refractivity contribution in [2.45, 2.75) is 20.0 Å². The fourth-order valence-corrected chi connectivity index (χ4v) is 0.577. The van der Waals surface area contributed by atoms with Crippen molar-refractivity contribution in [2.75, 3.05) is 13.1 Å². The van der Waals surface area contributed by atoms with E-state index in [4.69, 9.17) is 10.2 Å². The number of carbonyl (C=O) groups is 1. The molecule has 0 amide bonds. The van der Waals surface area contributed by atoms with Gasteiger partial charge in [0.05, 0.1) is 12.6 Å². The summed E-state index contributed by atoms with van der Waals surface area (Å²) in [5, 5.41) is 19.9. The van der Waals surface area contributed by atoms with E-state index in [9.17, 15) is 4.79 Å². The van der Waals surface area contributed by atoms with Crippen LogP contribution >= 0.6 is 0 Å². The molecule has 66 valence electrons. The standard InChI is InChI=1S/C7H15NO3/c1-5(6(2)9)3-8-4-7(10)11/h5-6,8-9H,3-4H2,1-2H3,(H,10,11). The summed E-state index contributed by atoms with van der Waals surface area (Å²) in [4.78, 5) is 10.0. The van der Waals surface area contributed by atoms with Gasteiger partial charge in [0.25, 0.3) is 0 Å². The number of carboxylic acids is 1. The van der Waals surface area contributed by atoms with Gasteiger partial charge in [-0.05, 0) is 12.8 Å². The van der Waals surface area contributed by atoms with Gasteiger partial charge >= 0.3 is 5.97 Å². The Morgan fingerprint density at radius 1 is 1.55 bits per heavy atom. The van der Waals surface area contributed by atoms with Gasteiger partial charge in [-0.3, -0.25) is 4.79 Å². The SMILES string of the molecule is CC(O)C(C)CNCC(=O)O. The highest BCUT2D eigenvalue weighted by atomic mass is 16.4. The van der Waals surface area contributed by atoms with Gasteiger partial charge in [0.15, 0.2) is 0 Å². The van der Waals surface area contributed by atoms with Crippen LogP contribution in [0, 0.1) is 5.92 Å². The molecule has 0 aliphatic carbocycles. The second kappa shape index (κ2) is 5.09. The largest absolute Gasteiger partial charge is 0.480 e. The van der Waals surface area contributed by atoms with Crippen LogP contribution in [0.3, 0.4) is 0 Å². The molecular weight excluding hydrogens is 146 g/mol.